The quantitative estimate of drug-likeness (QED) is 0.371. The van der Waals surface area contributed by atoms with Crippen LogP contribution in [0.15, 0.2) is 69.6 Å². The molecule has 0 N–H and O–H groups in total. The zero-order chi connectivity index (χ0) is 22.1. The highest BCUT2D eigenvalue weighted by atomic mass is 127. The molecule has 1 aliphatic rings. The fourth-order valence-electron chi connectivity index (χ4n) is 3.50. The minimum Gasteiger partial charge on any atom is -0.463 e. The molecule has 1 atom stereocenters. The van der Waals surface area contributed by atoms with Crippen molar-refractivity contribution in [3.05, 3.63) is 100 Å². The Morgan fingerprint density at radius 2 is 2.03 bits per heavy atom. The average Bonchev–Trinajstić information content (AvgIpc) is 3.02. The molecule has 0 saturated heterocycles. The molecular formula is C23H18FIN2O3S. The Kier molecular flexibility index (Phi) is 6.19. The number of carbonyl (C=O) groups is 1. The summed E-state index contributed by atoms with van der Waals surface area (Å²) < 4.78 is 21.9. The number of ether oxygens (including phenoxy) is 1. The summed E-state index contributed by atoms with van der Waals surface area (Å²) in [5.74, 6) is -0.932. The molecule has 1 aromatic heterocycles. The summed E-state index contributed by atoms with van der Waals surface area (Å²) >= 11 is 3.48. The lowest BCUT2D eigenvalue weighted by Crippen LogP contribution is -2.39. The van der Waals surface area contributed by atoms with Crippen LogP contribution in [0, 0.1) is 9.39 Å². The van der Waals surface area contributed by atoms with E-state index in [2.05, 4.69) is 27.6 Å². The van der Waals surface area contributed by atoms with Crippen LogP contribution in [0.3, 0.4) is 0 Å². The molecule has 4 rings (SSSR count). The second kappa shape index (κ2) is 8.88. The fourth-order valence-corrected chi connectivity index (χ4v) is 5.11. The largest absolute Gasteiger partial charge is 0.463 e. The lowest BCUT2D eigenvalue weighted by molar-refractivity contribution is -0.139. The number of fused-ring (bicyclic) bond motifs is 1. The summed E-state index contributed by atoms with van der Waals surface area (Å²) in [7, 11) is 0. The summed E-state index contributed by atoms with van der Waals surface area (Å²) in [6.45, 7) is 3.64. The molecule has 158 valence electrons. The van der Waals surface area contributed by atoms with Crippen molar-refractivity contribution < 1.29 is 13.9 Å². The van der Waals surface area contributed by atoms with Crippen LogP contribution in [0.5, 0.6) is 0 Å². The van der Waals surface area contributed by atoms with Gasteiger partial charge in [0.15, 0.2) is 4.80 Å². The lowest BCUT2D eigenvalue weighted by Gasteiger charge is -2.24. The minimum atomic E-state index is -0.742. The van der Waals surface area contributed by atoms with Crippen LogP contribution in [0.2, 0.25) is 0 Å². The molecule has 8 heteroatoms. The Morgan fingerprint density at radius 1 is 1.29 bits per heavy atom. The van der Waals surface area contributed by atoms with E-state index in [0.29, 0.717) is 20.6 Å². The lowest BCUT2D eigenvalue weighted by atomic mass is 9.96. The van der Waals surface area contributed by atoms with E-state index in [9.17, 15) is 14.0 Å². The van der Waals surface area contributed by atoms with Crippen LogP contribution in [0.1, 0.15) is 31.0 Å². The standard InChI is InChI=1S/C23H18FIN2O3S/c1-3-30-22(29)19-13(2)26-23-27(20(19)15-7-9-16(24)10-8-15)21(28)18(31-23)12-14-5-4-6-17(25)11-14/h4-12,20H,3H2,1-2H3/b18-12+/t20-/m1/s1. The van der Waals surface area contributed by atoms with Crippen molar-refractivity contribution in [2.75, 3.05) is 6.61 Å². The van der Waals surface area contributed by atoms with Crippen molar-refractivity contribution in [2.24, 2.45) is 4.99 Å². The Bertz CT molecular complexity index is 1370. The number of esters is 1. The van der Waals surface area contributed by atoms with Gasteiger partial charge in [0.05, 0.1) is 28.5 Å². The molecule has 3 aromatic rings. The van der Waals surface area contributed by atoms with Crippen molar-refractivity contribution in [1.29, 1.82) is 0 Å². The van der Waals surface area contributed by atoms with Crippen molar-refractivity contribution in [3.8, 4) is 0 Å². The molecule has 0 amide bonds. The van der Waals surface area contributed by atoms with Gasteiger partial charge in [-0.3, -0.25) is 9.36 Å². The molecule has 0 saturated carbocycles. The predicted molar refractivity (Wildman–Crippen MR) is 126 cm³/mol. The summed E-state index contributed by atoms with van der Waals surface area (Å²) in [5, 5.41) is 0. The van der Waals surface area contributed by atoms with Gasteiger partial charge in [0.25, 0.3) is 5.56 Å². The van der Waals surface area contributed by atoms with Gasteiger partial charge in [0.2, 0.25) is 0 Å². The number of carbonyl (C=O) groups excluding carboxylic acids is 1. The topological polar surface area (TPSA) is 60.7 Å². The third-order valence-corrected chi connectivity index (χ3v) is 6.50. The van der Waals surface area contributed by atoms with Gasteiger partial charge in [-0.15, -0.1) is 0 Å². The second-order valence-electron chi connectivity index (χ2n) is 6.91. The number of rotatable bonds is 4. The van der Waals surface area contributed by atoms with Gasteiger partial charge in [0, 0.05) is 3.57 Å². The van der Waals surface area contributed by atoms with Gasteiger partial charge in [-0.1, -0.05) is 35.6 Å². The van der Waals surface area contributed by atoms with E-state index >= 15 is 0 Å². The van der Waals surface area contributed by atoms with Crippen LogP contribution in [-0.4, -0.2) is 17.1 Å². The second-order valence-corrected chi connectivity index (χ2v) is 9.16. The number of thiazole rings is 1. The van der Waals surface area contributed by atoms with Crippen LogP contribution in [0.25, 0.3) is 6.08 Å². The number of nitrogens with zero attached hydrogens (tertiary/aromatic N) is 2. The average molecular weight is 548 g/mol. The first-order chi connectivity index (χ1) is 14.9. The Hall–Kier alpha value is -2.59. The molecule has 0 unspecified atom stereocenters. The van der Waals surface area contributed by atoms with E-state index in [1.54, 1.807) is 26.0 Å². The maximum absolute atomic E-state index is 13.6. The first kappa shape index (κ1) is 21.6. The Labute approximate surface area is 195 Å². The molecule has 5 nitrogen and oxygen atoms in total. The van der Waals surface area contributed by atoms with Crippen molar-refractivity contribution >= 4 is 46.0 Å². The normalized spacial score (nSPS) is 16.1. The molecule has 2 aromatic carbocycles. The number of aromatic nitrogens is 1. The third-order valence-electron chi connectivity index (χ3n) is 4.85. The van der Waals surface area contributed by atoms with Crippen LogP contribution in [-0.2, 0) is 9.53 Å². The highest BCUT2D eigenvalue weighted by molar-refractivity contribution is 14.1. The zero-order valence-electron chi connectivity index (χ0n) is 16.8. The molecule has 0 radical (unpaired) electrons. The van der Waals surface area contributed by atoms with Gasteiger partial charge in [-0.25, -0.2) is 14.2 Å². The molecule has 1 aliphatic heterocycles. The summed E-state index contributed by atoms with van der Waals surface area (Å²) in [5.41, 5.74) is 2.01. The number of hydrogen-bond acceptors (Lipinski definition) is 5. The van der Waals surface area contributed by atoms with E-state index in [0.717, 1.165) is 9.13 Å². The van der Waals surface area contributed by atoms with Gasteiger partial charge in [-0.2, -0.15) is 0 Å². The monoisotopic (exact) mass is 548 g/mol. The Morgan fingerprint density at radius 3 is 2.71 bits per heavy atom. The molecular weight excluding hydrogens is 530 g/mol. The van der Waals surface area contributed by atoms with Gasteiger partial charge < -0.3 is 4.74 Å². The first-order valence-electron chi connectivity index (χ1n) is 9.59. The maximum atomic E-state index is 13.6. The summed E-state index contributed by atoms with van der Waals surface area (Å²) in [6, 6.07) is 12.8. The van der Waals surface area contributed by atoms with Crippen molar-refractivity contribution in [3.63, 3.8) is 0 Å². The molecule has 2 heterocycles. The van der Waals surface area contributed by atoms with Crippen LogP contribution < -0.4 is 14.9 Å². The summed E-state index contributed by atoms with van der Waals surface area (Å²) in [6.07, 6.45) is 1.82. The SMILES string of the molecule is CCOC(=O)C1=C(C)N=c2s/c(=C/c3cccc(I)c3)c(=O)n2[C@@H]1c1ccc(F)cc1. The smallest absolute Gasteiger partial charge is 0.338 e. The van der Waals surface area contributed by atoms with E-state index in [1.807, 2.05) is 30.3 Å². The zero-order valence-corrected chi connectivity index (χ0v) is 19.7. The fraction of sp³-hybridized carbons (Fsp3) is 0.174. The number of hydrogen-bond donors (Lipinski definition) is 0. The van der Waals surface area contributed by atoms with Gasteiger partial charge in [0.1, 0.15) is 5.82 Å². The van der Waals surface area contributed by atoms with Crippen molar-refractivity contribution in [1.82, 2.24) is 4.57 Å². The number of allylic oxidation sites excluding steroid dienone is 1. The van der Waals surface area contributed by atoms with Crippen molar-refractivity contribution in [2.45, 2.75) is 19.9 Å². The highest BCUT2D eigenvalue weighted by Gasteiger charge is 2.33. The van der Waals surface area contributed by atoms with Gasteiger partial charge in [-0.05, 0) is 77.9 Å². The van der Waals surface area contributed by atoms with Crippen LogP contribution in [0.4, 0.5) is 4.39 Å². The molecule has 0 bridgehead atoms. The molecule has 0 spiro atoms. The third kappa shape index (κ3) is 4.27. The molecule has 31 heavy (non-hydrogen) atoms. The van der Waals surface area contributed by atoms with E-state index < -0.39 is 17.8 Å². The maximum Gasteiger partial charge on any atom is 0.338 e. The van der Waals surface area contributed by atoms with E-state index in [1.165, 1.54) is 28.0 Å². The first-order valence-corrected chi connectivity index (χ1v) is 11.5. The highest BCUT2D eigenvalue weighted by Crippen LogP contribution is 2.30. The van der Waals surface area contributed by atoms with E-state index in [4.69, 9.17) is 4.74 Å². The van der Waals surface area contributed by atoms with E-state index in [-0.39, 0.29) is 17.7 Å². The molecule has 0 fully saturated rings. The Balaban J connectivity index is 1.96. The molecule has 0 aliphatic carbocycles. The number of halogens is 2. The number of benzene rings is 2. The summed E-state index contributed by atoms with van der Waals surface area (Å²) in [4.78, 5) is 31.2. The van der Waals surface area contributed by atoms with Crippen LogP contribution >= 0.6 is 33.9 Å². The minimum absolute atomic E-state index is 0.197. The predicted octanol–water partition coefficient (Wildman–Crippen LogP) is 3.54. The van der Waals surface area contributed by atoms with Gasteiger partial charge >= 0.3 is 5.97 Å².